The van der Waals surface area contributed by atoms with Gasteiger partial charge in [0.2, 0.25) is 0 Å². The summed E-state index contributed by atoms with van der Waals surface area (Å²) < 4.78 is 2.04. The quantitative estimate of drug-likeness (QED) is 0.831. The molecule has 4 nitrogen and oxygen atoms in total. The van der Waals surface area contributed by atoms with Crippen molar-refractivity contribution in [2.24, 2.45) is 0 Å². The van der Waals surface area contributed by atoms with Crippen LogP contribution in [0.2, 0.25) is 0 Å². The van der Waals surface area contributed by atoms with Crippen molar-refractivity contribution >= 4 is 0 Å². The van der Waals surface area contributed by atoms with E-state index < -0.39 is 0 Å². The standard InChI is InChI=1S/C12H22N4/c1-3-6-10(4-2)15-11-7-5-8-16-12(11)13-9-14-16/h9-11,15H,3-8H2,1-2H3. The molecule has 2 atom stereocenters. The highest BCUT2D eigenvalue weighted by atomic mass is 15.3. The summed E-state index contributed by atoms with van der Waals surface area (Å²) in [7, 11) is 0. The van der Waals surface area contributed by atoms with Crippen LogP contribution in [0.4, 0.5) is 0 Å². The van der Waals surface area contributed by atoms with Crippen LogP contribution in [0.1, 0.15) is 57.8 Å². The number of hydrogen-bond acceptors (Lipinski definition) is 3. The van der Waals surface area contributed by atoms with Crippen LogP contribution in [-0.2, 0) is 6.54 Å². The smallest absolute Gasteiger partial charge is 0.143 e. The molecule has 2 heterocycles. The second-order valence-corrected chi connectivity index (χ2v) is 4.60. The molecule has 2 unspecified atom stereocenters. The van der Waals surface area contributed by atoms with Crippen molar-refractivity contribution < 1.29 is 0 Å². The van der Waals surface area contributed by atoms with Gasteiger partial charge in [0.15, 0.2) is 0 Å². The largest absolute Gasteiger partial charge is 0.305 e. The summed E-state index contributed by atoms with van der Waals surface area (Å²) in [6.45, 7) is 5.52. The number of hydrogen-bond donors (Lipinski definition) is 1. The number of nitrogens with zero attached hydrogens (tertiary/aromatic N) is 3. The van der Waals surface area contributed by atoms with Gasteiger partial charge in [-0.2, -0.15) is 5.10 Å². The van der Waals surface area contributed by atoms with Crippen molar-refractivity contribution in [3.05, 3.63) is 12.2 Å². The highest BCUT2D eigenvalue weighted by Gasteiger charge is 2.23. The van der Waals surface area contributed by atoms with Crippen molar-refractivity contribution in [2.45, 2.75) is 64.6 Å². The van der Waals surface area contributed by atoms with Gasteiger partial charge in [-0.25, -0.2) is 9.67 Å². The highest BCUT2D eigenvalue weighted by molar-refractivity contribution is 4.98. The lowest BCUT2D eigenvalue weighted by atomic mass is 10.0. The van der Waals surface area contributed by atoms with E-state index in [1.54, 1.807) is 6.33 Å². The first-order valence-corrected chi connectivity index (χ1v) is 6.48. The lowest BCUT2D eigenvalue weighted by molar-refractivity contribution is 0.320. The van der Waals surface area contributed by atoms with Gasteiger partial charge >= 0.3 is 0 Å². The molecule has 0 radical (unpaired) electrons. The van der Waals surface area contributed by atoms with Gasteiger partial charge in [0.1, 0.15) is 12.2 Å². The Morgan fingerprint density at radius 1 is 1.56 bits per heavy atom. The third-order valence-electron chi connectivity index (χ3n) is 3.39. The van der Waals surface area contributed by atoms with Gasteiger partial charge in [-0.3, -0.25) is 0 Å². The molecule has 0 bridgehead atoms. The molecule has 1 aliphatic rings. The molecular weight excluding hydrogens is 200 g/mol. The zero-order chi connectivity index (χ0) is 11.4. The average molecular weight is 222 g/mol. The third-order valence-corrected chi connectivity index (χ3v) is 3.39. The molecule has 0 spiro atoms. The van der Waals surface area contributed by atoms with E-state index in [9.17, 15) is 0 Å². The second-order valence-electron chi connectivity index (χ2n) is 4.60. The molecule has 4 heteroatoms. The Bertz CT molecular complexity index is 321. The van der Waals surface area contributed by atoms with E-state index in [1.165, 1.54) is 32.1 Å². The molecule has 1 aromatic rings. The lowest BCUT2D eigenvalue weighted by Crippen LogP contribution is -2.36. The molecule has 0 amide bonds. The Hall–Kier alpha value is -0.900. The fourth-order valence-corrected chi connectivity index (χ4v) is 2.49. The van der Waals surface area contributed by atoms with Crippen LogP contribution < -0.4 is 5.32 Å². The first kappa shape index (κ1) is 11.6. The van der Waals surface area contributed by atoms with Gasteiger partial charge in [0.25, 0.3) is 0 Å². The Labute approximate surface area is 97.5 Å². The SMILES string of the molecule is CCCC(CC)NC1CCCn2ncnc21. The van der Waals surface area contributed by atoms with Gasteiger partial charge < -0.3 is 5.32 Å². The van der Waals surface area contributed by atoms with E-state index in [2.05, 4.69) is 29.2 Å². The minimum absolute atomic E-state index is 0.410. The van der Waals surface area contributed by atoms with E-state index in [1.807, 2.05) is 4.68 Å². The maximum Gasteiger partial charge on any atom is 0.143 e. The number of rotatable bonds is 5. The fourth-order valence-electron chi connectivity index (χ4n) is 2.49. The molecule has 16 heavy (non-hydrogen) atoms. The average Bonchev–Trinajstić information content (AvgIpc) is 2.77. The molecule has 1 aromatic heterocycles. The normalized spacial score (nSPS) is 21.8. The maximum absolute atomic E-state index is 4.38. The minimum atomic E-state index is 0.410. The maximum atomic E-state index is 4.38. The number of fused-ring (bicyclic) bond motifs is 1. The Balaban J connectivity index is 2.01. The summed E-state index contributed by atoms with van der Waals surface area (Å²) >= 11 is 0. The van der Waals surface area contributed by atoms with Gasteiger partial charge in [-0.15, -0.1) is 0 Å². The van der Waals surface area contributed by atoms with Crippen molar-refractivity contribution in [3.63, 3.8) is 0 Å². The van der Waals surface area contributed by atoms with Crippen LogP contribution in [0, 0.1) is 0 Å². The predicted molar refractivity (Wildman–Crippen MR) is 64.1 cm³/mol. The second kappa shape index (κ2) is 5.43. The first-order valence-electron chi connectivity index (χ1n) is 6.48. The molecule has 2 rings (SSSR count). The lowest BCUT2D eigenvalue weighted by Gasteiger charge is -2.27. The van der Waals surface area contributed by atoms with Gasteiger partial charge in [0, 0.05) is 12.6 Å². The molecule has 90 valence electrons. The minimum Gasteiger partial charge on any atom is -0.305 e. The molecule has 0 fully saturated rings. The van der Waals surface area contributed by atoms with E-state index >= 15 is 0 Å². The third kappa shape index (κ3) is 2.43. The first-order chi connectivity index (χ1) is 7.85. The highest BCUT2D eigenvalue weighted by Crippen LogP contribution is 2.23. The van der Waals surface area contributed by atoms with Crippen LogP contribution in [0.5, 0.6) is 0 Å². The van der Waals surface area contributed by atoms with Gasteiger partial charge in [-0.05, 0) is 25.7 Å². The van der Waals surface area contributed by atoms with Crippen molar-refractivity contribution in [3.8, 4) is 0 Å². The summed E-state index contributed by atoms with van der Waals surface area (Å²) in [5, 5.41) is 7.98. The number of nitrogens with one attached hydrogen (secondary N) is 1. The van der Waals surface area contributed by atoms with Crippen LogP contribution in [0.25, 0.3) is 0 Å². The summed E-state index contributed by atoms with van der Waals surface area (Å²) in [5.41, 5.74) is 0. The van der Waals surface area contributed by atoms with Crippen LogP contribution in [0.15, 0.2) is 6.33 Å². The van der Waals surface area contributed by atoms with Crippen LogP contribution >= 0.6 is 0 Å². The summed E-state index contributed by atoms with van der Waals surface area (Å²) in [6, 6.07) is 1.03. The molecule has 0 aliphatic carbocycles. The van der Waals surface area contributed by atoms with Crippen molar-refractivity contribution in [1.82, 2.24) is 20.1 Å². The van der Waals surface area contributed by atoms with Gasteiger partial charge in [-0.1, -0.05) is 20.3 Å². The van der Waals surface area contributed by atoms with Crippen molar-refractivity contribution in [2.75, 3.05) is 0 Å². The Morgan fingerprint density at radius 3 is 3.19 bits per heavy atom. The molecule has 1 aliphatic heterocycles. The fraction of sp³-hybridized carbons (Fsp3) is 0.833. The van der Waals surface area contributed by atoms with Crippen LogP contribution in [0.3, 0.4) is 0 Å². The molecule has 0 saturated carbocycles. The number of aromatic nitrogens is 3. The van der Waals surface area contributed by atoms with Crippen molar-refractivity contribution in [1.29, 1.82) is 0 Å². The zero-order valence-electron chi connectivity index (χ0n) is 10.3. The Kier molecular flexibility index (Phi) is 3.93. The number of aryl methyl sites for hydroxylation is 1. The molecule has 0 aromatic carbocycles. The summed E-state index contributed by atoms with van der Waals surface area (Å²) in [4.78, 5) is 4.38. The molecule has 1 N–H and O–H groups in total. The van der Waals surface area contributed by atoms with E-state index in [0.717, 1.165) is 12.4 Å². The zero-order valence-corrected chi connectivity index (χ0v) is 10.3. The van der Waals surface area contributed by atoms with E-state index in [0.29, 0.717) is 12.1 Å². The predicted octanol–water partition coefficient (Wildman–Crippen LogP) is 2.28. The molecular formula is C12H22N4. The summed E-state index contributed by atoms with van der Waals surface area (Å²) in [5.74, 6) is 1.13. The summed E-state index contributed by atoms with van der Waals surface area (Å²) in [6.07, 6.45) is 7.76. The van der Waals surface area contributed by atoms with E-state index in [-0.39, 0.29) is 0 Å². The Morgan fingerprint density at radius 2 is 2.44 bits per heavy atom. The molecule has 0 saturated heterocycles. The van der Waals surface area contributed by atoms with Gasteiger partial charge in [0.05, 0.1) is 6.04 Å². The van der Waals surface area contributed by atoms with Crippen LogP contribution in [-0.4, -0.2) is 20.8 Å². The van der Waals surface area contributed by atoms with E-state index in [4.69, 9.17) is 0 Å². The monoisotopic (exact) mass is 222 g/mol. The topological polar surface area (TPSA) is 42.7 Å².